The van der Waals surface area contributed by atoms with E-state index in [9.17, 15) is 0 Å². The summed E-state index contributed by atoms with van der Waals surface area (Å²) >= 11 is 3.58. The summed E-state index contributed by atoms with van der Waals surface area (Å²) in [5.74, 6) is 0.989. The first-order valence-electron chi connectivity index (χ1n) is 11.4. The molecule has 0 unspecified atom stereocenters. The van der Waals surface area contributed by atoms with Gasteiger partial charge >= 0.3 is 0 Å². The Morgan fingerprint density at radius 1 is 0.935 bits per heavy atom. The number of nitrogens with two attached hydrogens (primary N) is 1. The number of likely N-dealkylation sites (tertiary alicyclic amines) is 1. The number of hydrogen-bond acceptors (Lipinski definition) is 6. The van der Waals surface area contributed by atoms with Gasteiger partial charge in [-0.1, -0.05) is 36.8 Å². The van der Waals surface area contributed by atoms with E-state index in [1.807, 2.05) is 6.07 Å². The van der Waals surface area contributed by atoms with Crippen molar-refractivity contribution in [2.24, 2.45) is 0 Å². The first kappa shape index (κ1) is 22.0. The summed E-state index contributed by atoms with van der Waals surface area (Å²) in [6.07, 6.45) is 8.36. The van der Waals surface area contributed by atoms with Crippen molar-refractivity contribution in [1.29, 1.82) is 0 Å². The van der Waals surface area contributed by atoms with E-state index in [-0.39, 0.29) is 0 Å². The molecule has 0 amide bonds. The van der Waals surface area contributed by atoms with Crippen LogP contribution in [0.5, 0.6) is 0 Å². The Bertz CT molecular complexity index is 967. The van der Waals surface area contributed by atoms with Crippen LogP contribution in [0.1, 0.15) is 44.1 Å². The third-order valence-corrected chi connectivity index (χ3v) is 6.50. The van der Waals surface area contributed by atoms with Crippen molar-refractivity contribution in [2.75, 3.05) is 37.2 Å². The highest BCUT2D eigenvalue weighted by Gasteiger charge is 2.15. The molecular formula is C23H32BrN7. The maximum Gasteiger partial charge on any atom is 0.226 e. The Labute approximate surface area is 192 Å². The van der Waals surface area contributed by atoms with Crippen LogP contribution in [-0.2, 0) is 13.0 Å². The molecule has 3 aromatic rings. The number of fused-ring (bicyclic) bond motifs is 1. The zero-order chi connectivity index (χ0) is 21.5. The Hall–Kier alpha value is -2.19. The topological polar surface area (TPSA) is 84.9 Å². The van der Waals surface area contributed by atoms with Crippen LogP contribution >= 0.6 is 15.9 Å². The normalized spacial score (nSPS) is 14.9. The predicted octanol–water partition coefficient (Wildman–Crippen LogP) is 4.48. The number of hydrogen-bond donors (Lipinski definition) is 2. The van der Waals surface area contributed by atoms with Crippen LogP contribution in [0.25, 0.3) is 11.2 Å². The quantitative estimate of drug-likeness (QED) is 0.325. The minimum Gasteiger partial charge on any atom is -0.382 e. The number of nitrogens with one attached hydrogen (secondary N) is 1. The van der Waals surface area contributed by atoms with Crippen molar-refractivity contribution in [3.8, 4) is 0 Å². The minimum atomic E-state index is 0.420. The second kappa shape index (κ2) is 10.9. The smallest absolute Gasteiger partial charge is 0.226 e. The molecule has 3 heterocycles. The summed E-state index contributed by atoms with van der Waals surface area (Å²) in [5, 5.41) is 3.33. The molecule has 0 atom stereocenters. The van der Waals surface area contributed by atoms with Crippen LogP contribution in [0.3, 0.4) is 0 Å². The van der Waals surface area contributed by atoms with Gasteiger partial charge in [-0.15, -0.1) is 0 Å². The van der Waals surface area contributed by atoms with E-state index in [0.29, 0.717) is 17.3 Å². The second-order valence-corrected chi connectivity index (χ2v) is 8.97. The van der Waals surface area contributed by atoms with Gasteiger partial charge in [0.15, 0.2) is 21.7 Å². The average Bonchev–Trinajstić information content (AvgIpc) is 3.11. The highest BCUT2D eigenvalue weighted by Crippen LogP contribution is 2.24. The molecule has 0 radical (unpaired) electrons. The van der Waals surface area contributed by atoms with Gasteiger partial charge in [0, 0.05) is 13.1 Å². The molecule has 0 spiro atoms. The molecule has 3 N–H and O–H groups in total. The van der Waals surface area contributed by atoms with Gasteiger partial charge in [0.1, 0.15) is 0 Å². The Morgan fingerprint density at radius 2 is 1.71 bits per heavy atom. The van der Waals surface area contributed by atoms with Gasteiger partial charge in [-0.3, -0.25) is 0 Å². The summed E-state index contributed by atoms with van der Waals surface area (Å²) in [6, 6.07) is 10.5. The monoisotopic (exact) mass is 485 g/mol. The number of imidazole rings is 1. The molecule has 1 saturated heterocycles. The van der Waals surface area contributed by atoms with Gasteiger partial charge in [0.05, 0.1) is 0 Å². The lowest BCUT2D eigenvalue weighted by Crippen LogP contribution is -2.30. The number of aryl methyl sites for hydroxylation is 2. The second-order valence-electron chi connectivity index (χ2n) is 8.26. The number of halogens is 1. The highest BCUT2D eigenvalue weighted by molar-refractivity contribution is 9.10. The first-order valence-corrected chi connectivity index (χ1v) is 12.2. The number of unbranched alkanes of at least 4 members (excludes halogenated alkanes) is 1. The Kier molecular flexibility index (Phi) is 7.75. The molecule has 0 bridgehead atoms. The fraction of sp³-hybridized carbons (Fsp3) is 0.522. The highest BCUT2D eigenvalue weighted by atomic mass is 79.9. The maximum atomic E-state index is 6.19. The number of benzene rings is 1. The fourth-order valence-electron chi connectivity index (χ4n) is 4.20. The van der Waals surface area contributed by atoms with E-state index in [2.05, 4.69) is 64.9 Å². The standard InChI is InChI=1S/C23H32BrN7/c24-22-27-19-20(25)28-23(26-13-9-12-18-10-3-1-4-11-18)29-21(19)31(22)17-8-7-16-30-14-5-2-6-15-30/h1,3-4,10-11H,2,5-9,12-17H2,(H3,25,26,28,29). The summed E-state index contributed by atoms with van der Waals surface area (Å²) in [4.78, 5) is 16.3. The molecule has 7 nitrogen and oxygen atoms in total. The van der Waals surface area contributed by atoms with E-state index in [4.69, 9.17) is 10.7 Å². The molecule has 2 aromatic heterocycles. The molecule has 1 aromatic carbocycles. The fourth-order valence-corrected chi connectivity index (χ4v) is 4.72. The lowest BCUT2D eigenvalue weighted by atomic mass is 10.1. The first-order chi connectivity index (χ1) is 15.2. The number of rotatable bonds is 10. The lowest BCUT2D eigenvalue weighted by Gasteiger charge is -2.26. The van der Waals surface area contributed by atoms with Crippen LogP contribution in [0, 0.1) is 0 Å². The number of aromatic nitrogens is 4. The summed E-state index contributed by atoms with van der Waals surface area (Å²) in [6.45, 7) is 5.34. The molecule has 1 aliphatic rings. The minimum absolute atomic E-state index is 0.420. The van der Waals surface area contributed by atoms with Gasteiger partial charge in [-0.2, -0.15) is 9.97 Å². The predicted molar refractivity (Wildman–Crippen MR) is 130 cm³/mol. The van der Waals surface area contributed by atoms with Crippen molar-refractivity contribution in [2.45, 2.75) is 51.5 Å². The summed E-state index contributed by atoms with van der Waals surface area (Å²) < 4.78 is 2.88. The SMILES string of the molecule is Nc1nc(NCCCc2ccccc2)nc2c1nc(Br)n2CCCCN1CCCCC1. The number of piperidine rings is 1. The van der Waals surface area contributed by atoms with Gasteiger partial charge in [0.2, 0.25) is 5.95 Å². The van der Waals surface area contributed by atoms with E-state index < -0.39 is 0 Å². The van der Waals surface area contributed by atoms with Crippen LogP contribution in [0.2, 0.25) is 0 Å². The van der Waals surface area contributed by atoms with Crippen LogP contribution in [-0.4, -0.2) is 50.6 Å². The molecule has 31 heavy (non-hydrogen) atoms. The van der Waals surface area contributed by atoms with Crippen LogP contribution in [0.4, 0.5) is 11.8 Å². The Morgan fingerprint density at radius 3 is 2.52 bits per heavy atom. The number of anilines is 2. The molecule has 1 aliphatic heterocycles. The zero-order valence-corrected chi connectivity index (χ0v) is 19.6. The van der Waals surface area contributed by atoms with E-state index in [1.54, 1.807) is 0 Å². The number of nitrogen functional groups attached to an aromatic ring is 1. The maximum absolute atomic E-state index is 6.19. The van der Waals surface area contributed by atoms with Crippen molar-refractivity contribution in [3.05, 3.63) is 40.6 Å². The lowest BCUT2D eigenvalue weighted by molar-refractivity contribution is 0.223. The Balaban J connectivity index is 1.33. The molecule has 4 rings (SSSR count). The molecular weight excluding hydrogens is 454 g/mol. The molecule has 166 valence electrons. The third-order valence-electron chi connectivity index (χ3n) is 5.90. The van der Waals surface area contributed by atoms with Gasteiger partial charge < -0.3 is 20.5 Å². The van der Waals surface area contributed by atoms with E-state index in [0.717, 1.165) is 42.7 Å². The molecule has 0 saturated carbocycles. The average molecular weight is 486 g/mol. The third kappa shape index (κ3) is 5.95. The van der Waals surface area contributed by atoms with Crippen molar-refractivity contribution >= 4 is 38.9 Å². The zero-order valence-electron chi connectivity index (χ0n) is 18.1. The van der Waals surface area contributed by atoms with E-state index >= 15 is 0 Å². The molecule has 0 aliphatic carbocycles. The molecule has 8 heteroatoms. The molecule has 1 fully saturated rings. The summed E-state index contributed by atoms with van der Waals surface area (Å²) in [5.41, 5.74) is 8.99. The summed E-state index contributed by atoms with van der Waals surface area (Å²) in [7, 11) is 0. The largest absolute Gasteiger partial charge is 0.382 e. The van der Waals surface area contributed by atoms with Crippen LogP contribution < -0.4 is 11.1 Å². The number of nitrogens with zero attached hydrogens (tertiary/aromatic N) is 5. The van der Waals surface area contributed by atoms with E-state index in [1.165, 1.54) is 50.9 Å². The van der Waals surface area contributed by atoms with Crippen molar-refractivity contribution < 1.29 is 0 Å². The van der Waals surface area contributed by atoms with Gasteiger partial charge in [-0.25, -0.2) is 4.98 Å². The van der Waals surface area contributed by atoms with Crippen molar-refractivity contribution in [3.63, 3.8) is 0 Å². The van der Waals surface area contributed by atoms with Crippen LogP contribution in [0.15, 0.2) is 35.1 Å². The van der Waals surface area contributed by atoms with Crippen molar-refractivity contribution in [1.82, 2.24) is 24.4 Å². The van der Waals surface area contributed by atoms with Gasteiger partial charge in [-0.05, 0) is 79.7 Å². The van der Waals surface area contributed by atoms with Gasteiger partial charge in [0.25, 0.3) is 0 Å².